The standard InChI is InChI=1S/C58H110O6/c1-4-7-10-13-16-19-22-23-24-25-26-27-28-29-30-31-32-33-34-35-36-37-40-42-45-48-51-57(60)63-54-55(64-58(61)52-49-46-43-39-21-18-15-12-9-6-3)53-62-56(59)50-47-44-41-38-20-17-14-11-8-5-2/h12,15,55H,4-11,13-14,16-54H2,1-3H3/b15-12-. The van der Waals surface area contributed by atoms with Crippen molar-refractivity contribution in [3.05, 3.63) is 12.2 Å². The van der Waals surface area contributed by atoms with Gasteiger partial charge in [0.2, 0.25) is 0 Å². The van der Waals surface area contributed by atoms with Gasteiger partial charge in [-0.25, -0.2) is 0 Å². The highest BCUT2D eigenvalue weighted by Crippen LogP contribution is 2.17. The number of hydrogen-bond acceptors (Lipinski definition) is 6. The minimum Gasteiger partial charge on any atom is -0.462 e. The smallest absolute Gasteiger partial charge is 0.306 e. The van der Waals surface area contributed by atoms with E-state index in [9.17, 15) is 14.4 Å². The first-order chi connectivity index (χ1) is 31.5. The van der Waals surface area contributed by atoms with Gasteiger partial charge in [0.1, 0.15) is 13.2 Å². The molecule has 0 aromatic carbocycles. The summed E-state index contributed by atoms with van der Waals surface area (Å²) >= 11 is 0. The second kappa shape index (κ2) is 53.8. The molecule has 0 heterocycles. The Morgan fingerprint density at radius 1 is 0.297 bits per heavy atom. The zero-order chi connectivity index (χ0) is 46.5. The molecule has 0 rings (SSSR count). The molecule has 378 valence electrons. The van der Waals surface area contributed by atoms with Crippen molar-refractivity contribution in [1.29, 1.82) is 0 Å². The van der Waals surface area contributed by atoms with Crippen LogP contribution >= 0.6 is 0 Å². The predicted octanol–water partition coefficient (Wildman–Crippen LogP) is 18.9. The van der Waals surface area contributed by atoms with Crippen molar-refractivity contribution in [1.82, 2.24) is 0 Å². The summed E-state index contributed by atoms with van der Waals surface area (Å²) in [5.74, 6) is -0.863. The number of unbranched alkanes of at least 4 members (excludes halogenated alkanes) is 40. The fourth-order valence-electron chi connectivity index (χ4n) is 8.68. The number of hydrogen-bond donors (Lipinski definition) is 0. The summed E-state index contributed by atoms with van der Waals surface area (Å²) < 4.78 is 16.8. The average Bonchev–Trinajstić information content (AvgIpc) is 3.29. The third kappa shape index (κ3) is 51.1. The summed E-state index contributed by atoms with van der Waals surface area (Å²) in [5.41, 5.74) is 0. The zero-order valence-corrected chi connectivity index (χ0v) is 43.3. The monoisotopic (exact) mass is 903 g/mol. The number of esters is 3. The third-order valence-electron chi connectivity index (χ3n) is 13.0. The second-order valence-electron chi connectivity index (χ2n) is 19.6. The number of ether oxygens (including phenoxy) is 3. The molecule has 0 N–H and O–H groups in total. The van der Waals surface area contributed by atoms with Crippen LogP contribution < -0.4 is 0 Å². The minimum absolute atomic E-state index is 0.0683. The topological polar surface area (TPSA) is 78.9 Å². The van der Waals surface area contributed by atoms with Gasteiger partial charge in [0, 0.05) is 19.3 Å². The molecule has 6 heteroatoms. The Hall–Kier alpha value is -1.85. The predicted molar refractivity (Wildman–Crippen MR) is 275 cm³/mol. The van der Waals surface area contributed by atoms with Gasteiger partial charge < -0.3 is 14.2 Å². The van der Waals surface area contributed by atoms with E-state index in [1.807, 2.05) is 0 Å². The van der Waals surface area contributed by atoms with Crippen LogP contribution in [0, 0.1) is 0 Å². The van der Waals surface area contributed by atoms with Gasteiger partial charge in [0.15, 0.2) is 6.10 Å². The lowest BCUT2D eigenvalue weighted by molar-refractivity contribution is -0.167. The van der Waals surface area contributed by atoms with Crippen LogP contribution in [0.5, 0.6) is 0 Å². The van der Waals surface area contributed by atoms with Crippen LogP contribution in [0.15, 0.2) is 12.2 Å². The van der Waals surface area contributed by atoms with Gasteiger partial charge in [0.25, 0.3) is 0 Å². The Morgan fingerprint density at radius 2 is 0.547 bits per heavy atom. The molecular formula is C58H110O6. The SMILES string of the molecule is CCC/C=C\CCCCCCCC(=O)OC(COC(=O)CCCCCCCCCCCC)COC(=O)CCCCCCCCCCCCCCCCCCCCCCCCCCCC. The summed E-state index contributed by atoms with van der Waals surface area (Å²) in [5, 5.41) is 0. The van der Waals surface area contributed by atoms with Crippen molar-refractivity contribution in [2.75, 3.05) is 13.2 Å². The molecule has 0 aliphatic carbocycles. The van der Waals surface area contributed by atoms with E-state index in [2.05, 4.69) is 32.9 Å². The first-order valence-corrected chi connectivity index (χ1v) is 28.7. The van der Waals surface area contributed by atoms with E-state index in [1.165, 1.54) is 212 Å². The minimum atomic E-state index is -0.767. The summed E-state index contributed by atoms with van der Waals surface area (Å²) in [7, 11) is 0. The van der Waals surface area contributed by atoms with Crippen LogP contribution in [0.1, 0.15) is 323 Å². The Morgan fingerprint density at radius 3 is 0.844 bits per heavy atom. The summed E-state index contributed by atoms with van der Waals surface area (Å²) in [6.45, 7) is 6.60. The molecule has 0 saturated carbocycles. The molecule has 0 aliphatic rings. The average molecular weight is 904 g/mol. The Kier molecular flexibility index (Phi) is 52.2. The summed E-state index contributed by atoms with van der Waals surface area (Å²) in [6.07, 6.45) is 60.9. The molecule has 1 atom stereocenters. The Balaban J connectivity index is 4.05. The Labute approximate surface area is 399 Å². The molecule has 0 radical (unpaired) electrons. The maximum atomic E-state index is 12.7. The molecule has 0 aromatic heterocycles. The van der Waals surface area contributed by atoms with Gasteiger partial charge in [-0.3, -0.25) is 14.4 Å². The van der Waals surface area contributed by atoms with Crippen molar-refractivity contribution >= 4 is 17.9 Å². The van der Waals surface area contributed by atoms with Gasteiger partial charge in [-0.2, -0.15) is 0 Å². The molecule has 6 nitrogen and oxygen atoms in total. The molecule has 0 aliphatic heterocycles. The van der Waals surface area contributed by atoms with Crippen molar-refractivity contribution in [2.24, 2.45) is 0 Å². The van der Waals surface area contributed by atoms with E-state index in [-0.39, 0.29) is 31.1 Å². The van der Waals surface area contributed by atoms with E-state index in [0.29, 0.717) is 19.3 Å². The lowest BCUT2D eigenvalue weighted by atomic mass is 10.0. The van der Waals surface area contributed by atoms with Gasteiger partial charge >= 0.3 is 17.9 Å². The molecule has 0 saturated heterocycles. The molecule has 0 aromatic rings. The molecule has 1 unspecified atom stereocenters. The van der Waals surface area contributed by atoms with E-state index in [1.54, 1.807) is 0 Å². The van der Waals surface area contributed by atoms with Gasteiger partial charge in [-0.15, -0.1) is 0 Å². The number of rotatable bonds is 53. The molecular weight excluding hydrogens is 793 g/mol. The largest absolute Gasteiger partial charge is 0.462 e. The van der Waals surface area contributed by atoms with Crippen molar-refractivity contribution in [2.45, 2.75) is 329 Å². The first-order valence-electron chi connectivity index (χ1n) is 28.7. The van der Waals surface area contributed by atoms with Crippen LogP contribution in [-0.4, -0.2) is 37.2 Å². The zero-order valence-electron chi connectivity index (χ0n) is 43.3. The highest BCUT2D eigenvalue weighted by Gasteiger charge is 2.19. The number of carbonyl (C=O) groups is 3. The van der Waals surface area contributed by atoms with Crippen molar-refractivity contribution in [3.63, 3.8) is 0 Å². The second-order valence-corrected chi connectivity index (χ2v) is 19.6. The first kappa shape index (κ1) is 62.1. The van der Waals surface area contributed by atoms with Gasteiger partial charge in [0.05, 0.1) is 0 Å². The molecule has 0 bridgehead atoms. The third-order valence-corrected chi connectivity index (χ3v) is 13.0. The number of carbonyl (C=O) groups excluding carboxylic acids is 3. The molecule has 0 amide bonds. The number of allylic oxidation sites excluding steroid dienone is 2. The molecule has 0 fully saturated rings. The van der Waals surface area contributed by atoms with E-state index < -0.39 is 6.10 Å². The van der Waals surface area contributed by atoms with E-state index in [0.717, 1.165) is 70.6 Å². The highest BCUT2D eigenvalue weighted by atomic mass is 16.6. The normalized spacial score (nSPS) is 12.0. The molecule has 0 spiro atoms. The molecule has 64 heavy (non-hydrogen) atoms. The van der Waals surface area contributed by atoms with Crippen molar-refractivity contribution in [3.8, 4) is 0 Å². The quantitative estimate of drug-likeness (QED) is 0.0262. The van der Waals surface area contributed by atoms with E-state index >= 15 is 0 Å². The highest BCUT2D eigenvalue weighted by molar-refractivity contribution is 5.71. The fourth-order valence-corrected chi connectivity index (χ4v) is 8.68. The fraction of sp³-hybridized carbons (Fsp3) is 0.914. The summed E-state index contributed by atoms with van der Waals surface area (Å²) in [4.78, 5) is 37.9. The lowest BCUT2D eigenvalue weighted by Crippen LogP contribution is -2.30. The summed E-state index contributed by atoms with van der Waals surface area (Å²) in [6, 6.07) is 0. The van der Waals surface area contributed by atoms with Crippen LogP contribution in [0.25, 0.3) is 0 Å². The maximum absolute atomic E-state index is 12.7. The van der Waals surface area contributed by atoms with Crippen LogP contribution in [0.3, 0.4) is 0 Å². The van der Waals surface area contributed by atoms with Crippen LogP contribution in [0.4, 0.5) is 0 Å². The van der Waals surface area contributed by atoms with E-state index in [4.69, 9.17) is 14.2 Å². The van der Waals surface area contributed by atoms with Crippen LogP contribution in [-0.2, 0) is 28.6 Å². The maximum Gasteiger partial charge on any atom is 0.306 e. The lowest BCUT2D eigenvalue weighted by Gasteiger charge is -2.18. The van der Waals surface area contributed by atoms with Gasteiger partial charge in [-0.05, 0) is 38.5 Å². The van der Waals surface area contributed by atoms with Crippen molar-refractivity contribution < 1.29 is 28.6 Å². The van der Waals surface area contributed by atoms with Crippen LogP contribution in [0.2, 0.25) is 0 Å². The van der Waals surface area contributed by atoms with Gasteiger partial charge in [-0.1, -0.05) is 277 Å². The Bertz CT molecular complexity index is 993.